The molecule has 0 saturated heterocycles. The monoisotopic (exact) mass is 487 g/mol. The molecule has 4 aliphatic carbocycles. The van der Waals surface area contributed by atoms with Crippen LogP contribution < -0.4 is 5.63 Å². The predicted octanol–water partition coefficient (Wildman–Crippen LogP) is 6.37. The first kappa shape index (κ1) is 23.7. The smallest absolute Gasteiger partial charge is 0.335 e. The Kier molecular flexibility index (Phi) is 5.75. The maximum absolute atomic E-state index is 12.4. The van der Waals surface area contributed by atoms with Crippen molar-refractivity contribution in [3.8, 4) is 0 Å². The lowest BCUT2D eigenvalue weighted by Gasteiger charge is -2.61. The second kappa shape index (κ2) is 8.72. The Morgan fingerprint density at radius 1 is 1.00 bits per heavy atom. The van der Waals surface area contributed by atoms with Gasteiger partial charge in [-0.2, -0.15) is 0 Å². The van der Waals surface area contributed by atoms with E-state index in [1.54, 1.807) is 6.26 Å². The van der Waals surface area contributed by atoms with Crippen molar-refractivity contribution in [2.24, 2.45) is 27.8 Å². The third kappa shape index (κ3) is 3.61. The standard InChI is InChI=1S/C31H37NO4/c1-29-15-12-24(32-36-19-21-6-4-3-5-7-21)18-23(29)9-10-27-26(29)13-16-30(2)25(14-17-31(27,30)34)22-8-11-28(33)35-20-22/h3-8,11,18,20,25-27,34H,9-10,12-17,19H2,1-2H3/b32-24+/t25-,26?,27?,29?,30?,31+/m1/s1. The van der Waals surface area contributed by atoms with Crippen LogP contribution >= 0.6 is 0 Å². The number of aliphatic hydroxyl groups is 1. The fraction of sp³-hybridized carbons (Fsp3) is 0.548. The summed E-state index contributed by atoms with van der Waals surface area (Å²) in [5.41, 5.74) is 3.63. The maximum Gasteiger partial charge on any atom is 0.335 e. The first-order valence-electron chi connectivity index (χ1n) is 13.6. The van der Waals surface area contributed by atoms with Crippen LogP contribution in [0.1, 0.15) is 82.3 Å². The van der Waals surface area contributed by atoms with Crippen molar-refractivity contribution in [2.75, 3.05) is 0 Å². The van der Waals surface area contributed by atoms with Crippen LogP contribution in [-0.4, -0.2) is 16.4 Å². The van der Waals surface area contributed by atoms with Gasteiger partial charge in [-0.1, -0.05) is 54.9 Å². The Labute approximate surface area is 213 Å². The largest absolute Gasteiger partial charge is 0.431 e. The van der Waals surface area contributed by atoms with Gasteiger partial charge in [0, 0.05) is 11.5 Å². The third-order valence-corrected chi connectivity index (χ3v) is 10.5. The van der Waals surface area contributed by atoms with Gasteiger partial charge >= 0.3 is 5.63 Å². The number of hydrogen-bond donors (Lipinski definition) is 1. The molecule has 0 amide bonds. The Morgan fingerprint density at radius 2 is 1.83 bits per heavy atom. The molecule has 5 heteroatoms. The summed E-state index contributed by atoms with van der Waals surface area (Å²) in [6.07, 6.45) is 11.8. The van der Waals surface area contributed by atoms with Crippen LogP contribution in [0.4, 0.5) is 0 Å². The zero-order valence-corrected chi connectivity index (χ0v) is 21.4. The van der Waals surface area contributed by atoms with Gasteiger partial charge in [-0.15, -0.1) is 0 Å². The first-order valence-corrected chi connectivity index (χ1v) is 13.6. The predicted molar refractivity (Wildman–Crippen MR) is 140 cm³/mol. The molecular weight excluding hydrogens is 450 g/mol. The van der Waals surface area contributed by atoms with Gasteiger partial charge in [0.25, 0.3) is 0 Å². The summed E-state index contributed by atoms with van der Waals surface area (Å²) in [6.45, 7) is 5.21. The highest BCUT2D eigenvalue weighted by atomic mass is 16.6. The topological polar surface area (TPSA) is 72.0 Å². The lowest BCUT2D eigenvalue weighted by molar-refractivity contribution is -0.176. The Hall–Kier alpha value is -2.66. The Balaban J connectivity index is 1.22. The fourth-order valence-electron chi connectivity index (χ4n) is 8.48. The lowest BCUT2D eigenvalue weighted by Crippen LogP contribution is -2.60. The van der Waals surface area contributed by atoms with Crippen molar-refractivity contribution in [3.63, 3.8) is 0 Å². The summed E-state index contributed by atoms with van der Waals surface area (Å²) in [5, 5.41) is 16.9. The van der Waals surface area contributed by atoms with Crippen molar-refractivity contribution >= 4 is 5.71 Å². The van der Waals surface area contributed by atoms with Gasteiger partial charge in [-0.25, -0.2) is 4.79 Å². The molecule has 1 aromatic heterocycles. The normalized spacial score (nSPS) is 38.6. The molecule has 6 atom stereocenters. The molecule has 3 fully saturated rings. The number of oxime groups is 1. The van der Waals surface area contributed by atoms with Crippen molar-refractivity contribution < 1.29 is 14.4 Å². The van der Waals surface area contributed by atoms with Gasteiger partial charge in [0.15, 0.2) is 0 Å². The van der Waals surface area contributed by atoms with E-state index in [1.807, 2.05) is 24.3 Å². The zero-order chi connectivity index (χ0) is 25.0. The fourth-order valence-corrected chi connectivity index (χ4v) is 8.48. The minimum atomic E-state index is -0.682. The van der Waals surface area contributed by atoms with Crippen molar-refractivity contribution in [1.82, 2.24) is 0 Å². The van der Waals surface area contributed by atoms with Gasteiger partial charge in [0.2, 0.25) is 0 Å². The van der Waals surface area contributed by atoms with Crippen LogP contribution in [0.5, 0.6) is 0 Å². The quantitative estimate of drug-likeness (QED) is 0.508. The SMILES string of the molecule is CC12CC/C(=N\OCc3ccccc3)C=C1CCC1C2CCC2(C)[C@@H](c3ccc(=O)oc3)CC[C@]12O. The van der Waals surface area contributed by atoms with Gasteiger partial charge < -0.3 is 14.4 Å². The van der Waals surface area contributed by atoms with Crippen LogP contribution in [0, 0.1) is 22.7 Å². The van der Waals surface area contributed by atoms with E-state index in [0.29, 0.717) is 18.4 Å². The molecule has 1 N–H and O–H groups in total. The van der Waals surface area contributed by atoms with Crippen LogP contribution in [0.15, 0.2) is 74.7 Å². The molecule has 4 unspecified atom stereocenters. The van der Waals surface area contributed by atoms with E-state index in [0.717, 1.165) is 68.2 Å². The molecular formula is C31H37NO4. The highest BCUT2D eigenvalue weighted by molar-refractivity contribution is 5.96. The van der Waals surface area contributed by atoms with Gasteiger partial charge in [0.1, 0.15) is 6.61 Å². The molecule has 6 rings (SSSR count). The van der Waals surface area contributed by atoms with Crippen LogP contribution in [0.2, 0.25) is 0 Å². The second-order valence-electron chi connectivity index (χ2n) is 12.0. The summed E-state index contributed by atoms with van der Waals surface area (Å²) >= 11 is 0. The van der Waals surface area contributed by atoms with Crippen molar-refractivity contribution in [2.45, 2.75) is 83.3 Å². The molecule has 1 aromatic carbocycles. The highest BCUT2D eigenvalue weighted by Gasteiger charge is 2.66. The molecule has 0 spiro atoms. The first-order chi connectivity index (χ1) is 17.3. The molecule has 1 heterocycles. The molecule has 0 bridgehead atoms. The summed E-state index contributed by atoms with van der Waals surface area (Å²) in [7, 11) is 0. The number of hydrogen-bond acceptors (Lipinski definition) is 5. The minimum Gasteiger partial charge on any atom is -0.431 e. The zero-order valence-electron chi connectivity index (χ0n) is 21.4. The van der Waals surface area contributed by atoms with Crippen LogP contribution in [-0.2, 0) is 11.4 Å². The molecule has 0 aliphatic heterocycles. The van der Waals surface area contributed by atoms with E-state index in [2.05, 4.69) is 37.2 Å². The number of benzene rings is 1. The molecule has 0 radical (unpaired) electrons. The van der Waals surface area contributed by atoms with E-state index in [9.17, 15) is 9.90 Å². The molecule has 36 heavy (non-hydrogen) atoms. The second-order valence-corrected chi connectivity index (χ2v) is 12.0. The number of allylic oxidation sites excluding steroid dienone is 2. The maximum atomic E-state index is 12.4. The van der Waals surface area contributed by atoms with Crippen LogP contribution in [0.25, 0.3) is 0 Å². The Bertz CT molecular complexity index is 1230. The number of fused-ring (bicyclic) bond motifs is 5. The van der Waals surface area contributed by atoms with Crippen molar-refractivity contribution in [3.05, 3.63) is 81.9 Å². The molecule has 2 aromatic rings. The van der Waals surface area contributed by atoms with E-state index in [4.69, 9.17) is 9.25 Å². The average Bonchev–Trinajstić information content (AvgIpc) is 3.16. The van der Waals surface area contributed by atoms with Gasteiger partial charge in [-0.3, -0.25) is 0 Å². The van der Waals surface area contributed by atoms with Gasteiger partial charge in [0.05, 0.1) is 17.6 Å². The summed E-state index contributed by atoms with van der Waals surface area (Å²) in [6, 6.07) is 13.6. The minimum absolute atomic E-state index is 0.107. The molecule has 5 nitrogen and oxygen atoms in total. The summed E-state index contributed by atoms with van der Waals surface area (Å²) < 4.78 is 5.22. The molecule has 4 aliphatic rings. The number of rotatable bonds is 4. The molecule has 190 valence electrons. The van der Waals surface area contributed by atoms with Crippen LogP contribution in [0.3, 0.4) is 0 Å². The van der Waals surface area contributed by atoms with E-state index < -0.39 is 5.60 Å². The van der Waals surface area contributed by atoms with Crippen molar-refractivity contribution in [1.29, 1.82) is 0 Å². The molecule has 3 saturated carbocycles. The highest BCUT2D eigenvalue weighted by Crippen LogP contribution is 2.69. The lowest BCUT2D eigenvalue weighted by atomic mass is 9.45. The summed E-state index contributed by atoms with van der Waals surface area (Å²) in [4.78, 5) is 17.2. The number of nitrogens with zero attached hydrogens (tertiary/aromatic N) is 1. The summed E-state index contributed by atoms with van der Waals surface area (Å²) in [5.74, 6) is 1.01. The van der Waals surface area contributed by atoms with E-state index >= 15 is 0 Å². The van der Waals surface area contributed by atoms with E-state index in [1.165, 1.54) is 11.6 Å². The average molecular weight is 488 g/mol. The van der Waals surface area contributed by atoms with E-state index in [-0.39, 0.29) is 22.4 Å². The third-order valence-electron chi connectivity index (χ3n) is 10.5. The Morgan fingerprint density at radius 3 is 2.61 bits per heavy atom. The van der Waals surface area contributed by atoms with Gasteiger partial charge in [-0.05, 0) is 97.8 Å².